The number of anilines is 1. The topological polar surface area (TPSA) is 57.3 Å². The van der Waals surface area contributed by atoms with Gasteiger partial charge in [-0.25, -0.2) is 4.98 Å². The largest absolute Gasteiger partial charge is 0.370 e. The molecule has 24 heavy (non-hydrogen) atoms. The Labute approximate surface area is 145 Å². The van der Waals surface area contributed by atoms with Crippen LogP contribution in [0.1, 0.15) is 44.1 Å². The molecule has 0 unspecified atom stereocenters. The van der Waals surface area contributed by atoms with Gasteiger partial charge in [0, 0.05) is 38.3 Å². The van der Waals surface area contributed by atoms with Crippen LogP contribution in [0.4, 0.5) is 5.82 Å². The van der Waals surface area contributed by atoms with Crippen molar-refractivity contribution >= 4 is 11.7 Å². The van der Waals surface area contributed by atoms with Crippen molar-refractivity contribution in [2.75, 3.05) is 31.5 Å². The average molecular weight is 330 g/mol. The smallest absolute Gasteiger partial charge is 0.221 e. The third-order valence-electron chi connectivity index (χ3n) is 5.23. The fraction of sp³-hybridized carbons (Fsp3) is 0.684. The molecule has 0 radical (unpaired) electrons. The normalized spacial score (nSPS) is 22.0. The zero-order valence-electron chi connectivity index (χ0n) is 14.8. The summed E-state index contributed by atoms with van der Waals surface area (Å²) in [6.45, 7) is 6.11. The first-order valence-corrected chi connectivity index (χ1v) is 9.37. The number of aromatic nitrogens is 1. The molecule has 1 saturated carbocycles. The summed E-state index contributed by atoms with van der Waals surface area (Å²) in [6, 6.07) is 4.54. The molecule has 2 N–H and O–H groups in total. The molecule has 0 spiro atoms. The zero-order chi connectivity index (χ0) is 16.8. The van der Waals surface area contributed by atoms with E-state index < -0.39 is 0 Å². The van der Waals surface area contributed by atoms with E-state index in [2.05, 4.69) is 33.5 Å². The first-order valence-electron chi connectivity index (χ1n) is 9.37. The van der Waals surface area contributed by atoms with Crippen molar-refractivity contribution in [2.24, 2.45) is 5.92 Å². The van der Waals surface area contributed by atoms with E-state index in [1.807, 2.05) is 12.3 Å². The van der Waals surface area contributed by atoms with Crippen LogP contribution in [0.25, 0.3) is 0 Å². The van der Waals surface area contributed by atoms with Crippen molar-refractivity contribution in [2.45, 2.75) is 51.5 Å². The number of nitrogens with zero attached hydrogens (tertiary/aromatic N) is 2. The van der Waals surface area contributed by atoms with Crippen LogP contribution in [-0.4, -0.2) is 48.0 Å². The van der Waals surface area contributed by atoms with Crippen molar-refractivity contribution in [3.05, 3.63) is 23.9 Å². The number of nitrogens with one attached hydrogen (secondary N) is 2. The zero-order valence-corrected chi connectivity index (χ0v) is 14.8. The molecule has 0 aromatic carbocycles. The van der Waals surface area contributed by atoms with E-state index >= 15 is 0 Å². The van der Waals surface area contributed by atoms with Crippen LogP contribution in [0.5, 0.6) is 0 Å². The summed E-state index contributed by atoms with van der Waals surface area (Å²) >= 11 is 0. The molecule has 1 aromatic rings. The molecule has 132 valence electrons. The summed E-state index contributed by atoms with van der Waals surface area (Å²) in [5, 5.41) is 6.62. The Hall–Kier alpha value is -1.62. The van der Waals surface area contributed by atoms with Crippen LogP contribution in [0.2, 0.25) is 0 Å². The fourth-order valence-corrected chi connectivity index (χ4v) is 3.79. The lowest BCUT2D eigenvalue weighted by atomic mass is 10.1. The first-order chi connectivity index (χ1) is 11.7. The van der Waals surface area contributed by atoms with Crippen LogP contribution in [0, 0.1) is 12.8 Å². The van der Waals surface area contributed by atoms with Crippen molar-refractivity contribution in [1.82, 2.24) is 15.2 Å². The Morgan fingerprint density at radius 3 is 2.96 bits per heavy atom. The summed E-state index contributed by atoms with van der Waals surface area (Å²) in [7, 11) is 0. The van der Waals surface area contributed by atoms with Crippen molar-refractivity contribution < 1.29 is 4.79 Å². The van der Waals surface area contributed by atoms with E-state index in [0.717, 1.165) is 44.8 Å². The van der Waals surface area contributed by atoms with Crippen LogP contribution < -0.4 is 10.6 Å². The molecule has 2 fully saturated rings. The Kier molecular flexibility index (Phi) is 6.07. The maximum Gasteiger partial charge on any atom is 0.221 e. The van der Waals surface area contributed by atoms with Gasteiger partial charge < -0.3 is 15.5 Å². The third-order valence-corrected chi connectivity index (χ3v) is 5.23. The number of aryl methyl sites for hydroxylation is 1. The minimum absolute atomic E-state index is 0.229. The fourth-order valence-electron chi connectivity index (χ4n) is 3.79. The molecule has 1 aromatic heterocycles. The van der Waals surface area contributed by atoms with E-state index in [4.69, 9.17) is 0 Å². The van der Waals surface area contributed by atoms with E-state index in [9.17, 15) is 4.79 Å². The average Bonchev–Trinajstić information content (AvgIpc) is 3.23. The van der Waals surface area contributed by atoms with Crippen molar-refractivity contribution in [1.29, 1.82) is 0 Å². The van der Waals surface area contributed by atoms with Gasteiger partial charge in [-0.1, -0.05) is 12.8 Å². The van der Waals surface area contributed by atoms with E-state index in [1.165, 1.54) is 24.8 Å². The maximum atomic E-state index is 12.0. The van der Waals surface area contributed by atoms with Gasteiger partial charge in [0.25, 0.3) is 0 Å². The predicted molar refractivity (Wildman–Crippen MR) is 97.0 cm³/mol. The molecule has 1 aliphatic heterocycles. The van der Waals surface area contributed by atoms with Gasteiger partial charge in [0.2, 0.25) is 5.91 Å². The molecular weight excluding hydrogens is 300 g/mol. The number of likely N-dealkylation sites (tertiary alicyclic amines) is 1. The van der Waals surface area contributed by atoms with Gasteiger partial charge in [0.1, 0.15) is 5.82 Å². The Morgan fingerprint density at radius 1 is 1.33 bits per heavy atom. The molecule has 1 saturated heterocycles. The highest BCUT2D eigenvalue weighted by atomic mass is 16.1. The van der Waals surface area contributed by atoms with Gasteiger partial charge in [0.05, 0.1) is 0 Å². The van der Waals surface area contributed by atoms with Crippen LogP contribution in [0.3, 0.4) is 0 Å². The molecule has 5 nitrogen and oxygen atoms in total. The van der Waals surface area contributed by atoms with Crippen LogP contribution in [0.15, 0.2) is 18.3 Å². The number of carbonyl (C=O) groups is 1. The second kappa shape index (κ2) is 8.47. The first kappa shape index (κ1) is 17.2. The molecule has 2 heterocycles. The molecule has 1 atom stereocenters. The van der Waals surface area contributed by atoms with Crippen molar-refractivity contribution in [3.8, 4) is 0 Å². The number of carbonyl (C=O) groups excluding carboxylic acids is 1. The van der Waals surface area contributed by atoms with E-state index in [-0.39, 0.29) is 5.91 Å². The number of rotatable bonds is 7. The molecule has 2 aliphatic rings. The SMILES string of the molecule is Cc1ccnc(NC[C@@H]2CCN(CCC(=O)NC3CCCC3)C2)c1. The highest BCUT2D eigenvalue weighted by Gasteiger charge is 2.23. The second-order valence-electron chi connectivity index (χ2n) is 7.35. The number of hydrogen-bond donors (Lipinski definition) is 2. The summed E-state index contributed by atoms with van der Waals surface area (Å²) in [5.41, 5.74) is 1.23. The van der Waals surface area contributed by atoms with Gasteiger partial charge in [-0.3, -0.25) is 4.79 Å². The number of pyridine rings is 1. The summed E-state index contributed by atoms with van der Waals surface area (Å²) in [4.78, 5) is 18.8. The number of amides is 1. The molecule has 1 aliphatic carbocycles. The monoisotopic (exact) mass is 330 g/mol. The minimum Gasteiger partial charge on any atom is -0.370 e. The lowest BCUT2D eigenvalue weighted by Gasteiger charge is -2.17. The molecule has 5 heteroatoms. The lowest BCUT2D eigenvalue weighted by molar-refractivity contribution is -0.122. The minimum atomic E-state index is 0.229. The molecule has 3 rings (SSSR count). The summed E-state index contributed by atoms with van der Waals surface area (Å²) in [5.74, 6) is 1.84. The van der Waals surface area contributed by atoms with Crippen LogP contribution in [-0.2, 0) is 4.79 Å². The van der Waals surface area contributed by atoms with Gasteiger partial charge in [-0.05, 0) is 56.3 Å². The predicted octanol–water partition coefficient (Wildman–Crippen LogP) is 2.57. The Bertz CT molecular complexity index is 542. The molecule has 1 amide bonds. The molecule has 0 bridgehead atoms. The van der Waals surface area contributed by atoms with E-state index in [0.29, 0.717) is 18.4 Å². The van der Waals surface area contributed by atoms with E-state index in [1.54, 1.807) is 0 Å². The van der Waals surface area contributed by atoms with Gasteiger partial charge in [0.15, 0.2) is 0 Å². The Balaban J connectivity index is 1.32. The van der Waals surface area contributed by atoms with Gasteiger partial charge in [-0.15, -0.1) is 0 Å². The highest BCUT2D eigenvalue weighted by Crippen LogP contribution is 2.19. The summed E-state index contributed by atoms with van der Waals surface area (Å²) < 4.78 is 0. The summed E-state index contributed by atoms with van der Waals surface area (Å²) in [6.07, 6.45) is 8.54. The highest BCUT2D eigenvalue weighted by molar-refractivity contribution is 5.76. The van der Waals surface area contributed by atoms with Crippen LogP contribution >= 0.6 is 0 Å². The Morgan fingerprint density at radius 2 is 2.17 bits per heavy atom. The second-order valence-corrected chi connectivity index (χ2v) is 7.35. The quantitative estimate of drug-likeness (QED) is 0.807. The standard InChI is InChI=1S/C19H30N4O/c1-15-6-9-20-18(12-15)21-13-16-7-10-23(14-16)11-8-19(24)22-17-4-2-3-5-17/h6,9,12,16-17H,2-5,7-8,10-11,13-14H2,1H3,(H,20,21)(H,22,24)/t16-/m0/s1. The maximum absolute atomic E-state index is 12.0. The lowest BCUT2D eigenvalue weighted by Crippen LogP contribution is -2.35. The number of hydrogen-bond acceptors (Lipinski definition) is 4. The van der Waals surface area contributed by atoms with Crippen molar-refractivity contribution in [3.63, 3.8) is 0 Å². The third kappa shape index (κ3) is 5.20. The van der Waals surface area contributed by atoms with Gasteiger partial charge in [-0.2, -0.15) is 0 Å². The molecular formula is C19H30N4O. The van der Waals surface area contributed by atoms with Gasteiger partial charge >= 0.3 is 0 Å².